The van der Waals surface area contributed by atoms with Crippen molar-refractivity contribution in [3.8, 4) is 6.07 Å². The van der Waals surface area contributed by atoms with Gasteiger partial charge in [-0.3, -0.25) is 0 Å². The molecule has 9 heavy (non-hydrogen) atoms. The van der Waals surface area contributed by atoms with E-state index in [1.807, 2.05) is 6.07 Å². The third kappa shape index (κ3) is 1.50. The lowest BCUT2D eigenvalue weighted by atomic mass is 10.4. The summed E-state index contributed by atoms with van der Waals surface area (Å²) < 4.78 is 0. The first-order chi connectivity index (χ1) is 4.43. The fourth-order valence-electron chi connectivity index (χ4n) is 0.453. The van der Waals surface area contributed by atoms with Gasteiger partial charge in [0.2, 0.25) is 0 Å². The normalized spacial score (nSPS) is 8.33. The van der Waals surface area contributed by atoms with Crippen molar-refractivity contribution < 1.29 is 0 Å². The van der Waals surface area contributed by atoms with Crippen LogP contribution < -0.4 is 0 Å². The third-order valence-electron chi connectivity index (χ3n) is 0.803. The maximum Gasteiger partial charge on any atom is 0.143 e. The quantitative estimate of drug-likeness (QED) is 0.534. The molecule has 0 bridgehead atoms. The molecule has 0 saturated carbocycles. The largest absolute Gasteiger partial charge is 0.240 e. The second kappa shape index (κ2) is 2.78. The number of rotatable bonds is 1. The minimum Gasteiger partial charge on any atom is -0.240 e. The maximum absolute atomic E-state index is 8.18. The molecule has 1 heterocycles. The first kappa shape index (κ1) is 5.70. The Bertz CT molecular complexity index is 211. The van der Waals surface area contributed by atoms with Gasteiger partial charge in [0.25, 0.3) is 0 Å². The number of hydrogen-bond donors (Lipinski definition) is 0. The second-order valence-electron chi connectivity index (χ2n) is 1.44. The van der Waals surface area contributed by atoms with Gasteiger partial charge in [0.15, 0.2) is 0 Å². The van der Waals surface area contributed by atoms with E-state index >= 15 is 0 Å². The standard InChI is InChI=1S/C6H4N3/c7-3-2-6-8-4-1-5-9-6/h1,4H,2H2. The van der Waals surface area contributed by atoms with E-state index in [1.165, 1.54) is 0 Å². The summed E-state index contributed by atoms with van der Waals surface area (Å²) in [4.78, 5) is 7.51. The average molecular weight is 118 g/mol. The molecule has 1 aromatic rings. The van der Waals surface area contributed by atoms with Gasteiger partial charge in [0.05, 0.1) is 18.7 Å². The SMILES string of the molecule is N#CCc1n[c]ccn1. The van der Waals surface area contributed by atoms with Crippen LogP contribution in [-0.2, 0) is 6.42 Å². The van der Waals surface area contributed by atoms with Crippen LogP contribution in [0.15, 0.2) is 12.3 Å². The molecule has 0 spiro atoms. The second-order valence-corrected chi connectivity index (χ2v) is 1.44. The molecule has 1 rings (SSSR count). The van der Waals surface area contributed by atoms with E-state index in [1.54, 1.807) is 12.3 Å². The Morgan fingerprint density at radius 3 is 3.22 bits per heavy atom. The highest BCUT2D eigenvalue weighted by Crippen LogP contribution is 1.84. The minimum absolute atomic E-state index is 0.261. The third-order valence-corrected chi connectivity index (χ3v) is 0.803. The summed E-state index contributed by atoms with van der Waals surface area (Å²) in [5.41, 5.74) is 0. The van der Waals surface area contributed by atoms with Crippen molar-refractivity contribution in [2.75, 3.05) is 0 Å². The highest BCUT2D eigenvalue weighted by atomic mass is 14.8. The van der Waals surface area contributed by atoms with E-state index in [0.717, 1.165) is 0 Å². The van der Waals surface area contributed by atoms with Gasteiger partial charge in [-0.15, -0.1) is 0 Å². The van der Waals surface area contributed by atoms with Crippen molar-refractivity contribution in [2.24, 2.45) is 0 Å². The zero-order valence-corrected chi connectivity index (χ0v) is 4.70. The molecule has 0 unspecified atom stereocenters. The van der Waals surface area contributed by atoms with Crippen LogP contribution in [0, 0.1) is 17.5 Å². The van der Waals surface area contributed by atoms with Crippen LogP contribution in [0.5, 0.6) is 0 Å². The zero-order chi connectivity index (χ0) is 6.53. The van der Waals surface area contributed by atoms with E-state index < -0.39 is 0 Å². The Hall–Kier alpha value is -1.43. The molecule has 1 radical (unpaired) electrons. The van der Waals surface area contributed by atoms with Crippen LogP contribution in [0.2, 0.25) is 0 Å². The zero-order valence-electron chi connectivity index (χ0n) is 4.70. The van der Waals surface area contributed by atoms with Gasteiger partial charge in [-0.1, -0.05) is 0 Å². The molecule has 0 aliphatic rings. The fraction of sp³-hybridized carbons (Fsp3) is 0.167. The summed E-state index contributed by atoms with van der Waals surface area (Å²) in [7, 11) is 0. The molecular formula is C6H4N3. The van der Waals surface area contributed by atoms with Gasteiger partial charge in [0.1, 0.15) is 5.82 Å². The van der Waals surface area contributed by atoms with Crippen LogP contribution in [0.4, 0.5) is 0 Å². The predicted octanol–water partition coefficient (Wildman–Crippen LogP) is 0.343. The van der Waals surface area contributed by atoms with Gasteiger partial charge in [0, 0.05) is 6.20 Å². The van der Waals surface area contributed by atoms with Crippen LogP contribution in [0.3, 0.4) is 0 Å². The molecule has 43 valence electrons. The predicted molar refractivity (Wildman–Crippen MR) is 30.2 cm³/mol. The van der Waals surface area contributed by atoms with Crippen LogP contribution in [0.1, 0.15) is 5.82 Å². The lowest BCUT2D eigenvalue weighted by Crippen LogP contribution is -1.89. The topological polar surface area (TPSA) is 49.6 Å². The summed E-state index contributed by atoms with van der Waals surface area (Å²) in [5.74, 6) is 0.528. The lowest BCUT2D eigenvalue weighted by molar-refractivity contribution is 0.990. The highest BCUT2D eigenvalue weighted by Gasteiger charge is 1.88. The van der Waals surface area contributed by atoms with Gasteiger partial charge in [-0.25, -0.2) is 9.97 Å². The molecule has 0 atom stereocenters. The molecule has 3 heteroatoms. The Labute approximate surface area is 53.0 Å². The number of aromatic nitrogens is 2. The van der Waals surface area contributed by atoms with Crippen LogP contribution in [-0.4, -0.2) is 9.97 Å². The molecular weight excluding hydrogens is 114 g/mol. The van der Waals surface area contributed by atoms with Gasteiger partial charge < -0.3 is 0 Å². The minimum atomic E-state index is 0.261. The van der Waals surface area contributed by atoms with E-state index in [-0.39, 0.29) is 6.42 Å². The Morgan fingerprint density at radius 1 is 1.78 bits per heavy atom. The smallest absolute Gasteiger partial charge is 0.143 e. The summed E-state index contributed by atoms with van der Waals surface area (Å²) in [6.07, 6.45) is 4.41. The molecule has 0 aliphatic heterocycles. The van der Waals surface area contributed by atoms with Gasteiger partial charge in [-0.05, 0) is 6.07 Å². The van der Waals surface area contributed by atoms with E-state index in [0.29, 0.717) is 5.82 Å². The average Bonchev–Trinajstić information content (AvgIpc) is 1.91. The molecule has 0 N–H and O–H groups in total. The van der Waals surface area contributed by atoms with Crippen molar-refractivity contribution in [1.82, 2.24) is 9.97 Å². The molecule has 0 aromatic carbocycles. The molecule has 0 amide bonds. The first-order valence-electron chi connectivity index (χ1n) is 2.48. The van der Waals surface area contributed by atoms with Crippen molar-refractivity contribution in [1.29, 1.82) is 5.26 Å². The highest BCUT2D eigenvalue weighted by molar-refractivity contribution is 4.94. The number of hydrogen-bond acceptors (Lipinski definition) is 3. The molecule has 0 fully saturated rings. The molecule has 3 nitrogen and oxygen atoms in total. The monoisotopic (exact) mass is 118 g/mol. The molecule has 0 saturated heterocycles. The summed E-state index contributed by atoms with van der Waals surface area (Å²) >= 11 is 0. The number of nitriles is 1. The first-order valence-corrected chi connectivity index (χ1v) is 2.48. The Balaban J connectivity index is 2.76. The van der Waals surface area contributed by atoms with Crippen molar-refractivity contribution in [3.05, 3.63) is 24.3 Å². The van der Waals surface area contributed by atoms with E-state index in [2.05, 4.69) is 16.2 Å². The van der Waals surface area contributed by atoms with Gasteiger partial charge in [-0.2, -0.15) is 5.26 Å². The van der Waals surface area contributed by atoms with E-state index in [9.17, 15) is 0 Å². The Kier molecular flexibility index (Phi) is 1.76. The fourth-order valence-corrected chi connectivity index (χ4v) is 0.453. The van der Waals surface area contributed by atoms with Gasteiger partial charge >= 0.3 is 0 Å². The molecule has 0 aliphatic carbocycles. The lowest BCUT2D eigenvalue weighted by Gasteiger charge is -1.85. The van der Waals surface area contributed by atoms with Crippen molar-refractivity contribution >= 4 is 0 Å². The van der Waals surface area contributed by atoms with E-state index in [4.69, 9.17) is 5.26 Å². The maximum atomic E-state index is 8.18. The number of nitrogens with zero attached hydrogens (tertiary/aromatic N) is 3. The van der Waals surface area contributed by atoms with Crippen molar-refractivity contribution in [2.45, 2.75) is 6.42 Å². The summed E-state index contributed by atoms with van der Waals surface area (Å²) in [6.45, 7) is 0. The van der Waals surface area contributed by atoms with Crippen molar-refractivity contribution in [3.63, 3.8) is 0 Å². The van der Waals surface area contributed by atoms with Crippen LogP contribution >= 0.6 is 0 Å². The summed E-state index contributed by atoms with van der Waals surface area (Å²) in [5, 5.41) is 8.18. The van der Waals surface area contributed by atoms with Crippen LogP contribution in [0.25, 0.3) is 0 Å². The molecule has 1 aromatic heterocycles. The summed E-state index contributed by atoms with van der Waals surface area (Å²) in [6, 6.07) is 3.54. The Morgan fingerprint density at radius 2 is 2.67 bits per heavy atom.